The highest BCUT2D eigenvalue weighted by Crippen LogP contribution is 2.21. The van der Waals surface area contributed by atoms with E-state index >= 15 is 0 Å². The van der Waals surface area contributed by atoms with E-state index in [1.165, 1.54) is 12.1 Å². The van der Waals surface area contributed by atoms with E-state index in [9.17, 15) is 0 Å². The van der Waals surface area contributed by atoms with Gasteiger partial charge in [-0.15, -0.1) is 0 Å². The van der Waals surface area contributed by atoms with Gasteiger partial charge in [0.2, 0.25) is 0 Å². The van der Waals surface area contributed by atoms with Gasteiger partial charge in [0, 0.05) is 37.8 Å². The lowest BCUT2D eigenvalue weighted by Gasteiger charge is -2.45. The quantitative estimate of drug-likeness (QED) is 0.905. The molecular formula is C15H28N4. The molecule has 1 fully saturated rings. The Morgan fingerprint density at radius 1 is 1.47 bits per heavy atom. The Hall–Kier alpha value is -0.870. The molecule has 1 aliphatic heterocycles. The molecule has 2 heterocycles. The lowest BCUT2D eigenvalue weighted by molar-refractivity contribution is 0.0841. The van der Waals surface area contributed by atoms with Gasteiger partial charge in [-0.2, -0.15) is 5.10 Å². The topological polar surface area (TPSA) is 33.1 Å². The zero-order valence-corrected chi connectivity index (χ0v) is 13.0. The molecule has 4 nitrogen and oxygen atoms in total. The summed E-state index contributed by atoms with van der Waals surface area (Å²) in [7, 11) is 0. The minimum Gasteiger partial charge on any atom is -0.309 e. The maximum atomic E-state index is 4.55. The van der Waals surface area contributed by atoms with Crippen LogP contribution < -0.4 is 5.32 Å². The average Bonchev–Trinajstić information content (AvgIpc) is 2.74. The van der Waals surface area contributed by atoms with Crippen LogP contribution in [-0.2, 0) is 13.1 Å². The molecule has 0 aliphatic carbocycles. The van der Waals surface area contributed by atoms with Gasteiger partial charge in [-0.1, -0.05) is 6.92 Å². The Kier molecular flexibility index (Phi) is 4.31. The van der Waals surface area contributed by atoms with E-state index in [2.05, 4.69) is 60.7 Å². The van der Waals surface area contributed by atoms with Gasteiger partial charge in [-0.05, 0) is 40.2 Å². The van der Waals surface area contributed by atoms with Crippen molar-refractivity contribution >= 4 is 0 Å². The third kappa shape index (κ3) is 3.18. The van der Waals surface area contributed by atoms with E-state index in [-0.39, 0.29) is 5.54 Å². The summed E-state index contributed by atoms with van der Waals surface area (Å²) < 4.78 is 2.13. The number of aryl methyl sites for hydroxylation is 2. The summed E-state index contributed by atoms with van der Waals surface area (Å²) in [6.45, 7) is 15.3. The Balaban J connectivity index is 2.12. The molecule has 1 aromatic heterocycles. The molecule has 0 radical (unpaired) electrons. The van der Waals surface area contributed by atoms with Crippen LogP contribution in [-0.4, -0.2) is 39.4 Å². The van der Waals surface area contributed by atoms with Crippen molar-refractivity contribution in [2.45, 2.75) is 65.7 Å². The van der Waals surface area contributed by atoms with Crippen molar-refractivity contribution < 1.29 is 0 Å². The molecule has 2 unspecified atom stereocenters. The predicted molar refractivity (Wildman–Crippen MR) is 79.2 cm³/mol. The molecule has 1 aliphatic rings. The summed E-state index contributed by atoms with van der Waals surface area (Å²) in [6.07, 6.45) is 1.17. The highest BCUT2D eigenvalue weighted by atomic mass is 15.3. The van der Waals surface area contributed by atoms with Crippen molar-refractivity contribution in [1.82, 2.24) is 20.0 Å². The van der Waals surface area contributed by atoms with Gasteiger partial charge in [0.15, 0.2) is 0 Å². The van der Waals surface area contributed by atoms with Crippen molar-refractivity contribution in [3.8, 4) is 0 Å². The predicted octanol–water partition coefficient (Wildman–Crippen LogP) is 2.17. The molecule has 0 saturated carbocycles. The van der Waals surface area contributed by atoms with Crippen molar-refractivity contribution in [3.05, 3.63) is 17.5 Å². The van der Waals surface area contributed by atoms with Crippen LogP contribution in [0, 0.1) is 6.92 Å². The van der Waals surface area contributed by atoms with Gasteiger partial charge in [0.1, 0.15) is 0 Å². The van der Waals surface area contributed by atoms with Crippen LogP contribution in [0.25, 0.3) is 0 Å². The number of aromatic nitrogens is 2. The zero-order valence-electron chi connectivity index (χ0n) is 13.0. The van der Waals surface area contributed by atoms with Crippen LogP contribution in [0.5, 0.6) is 0 Å². The first kappa shape index (κ1) is 14.5. The van der Waals surface area contributed by atoms with Gasteiger partial charge in [-0.25, -0.2) is 0 Å². The Labute approximate surface area is 117 Å². The molecule has 1 aromatic rings. The summed E-state index contributed by atoms with van der Waals surface area (Å²) in [5, 5.41) is 8.23. The molecule has 0 bridgehead atoms. The lowest BCUT2D eigenvalue weighted by atomic mass is 9.93. The molecule has 2 atom stereocenters. The molecular weight excluding hydrogens is 236 g/mol. The second-order valence-electron chi connectivity index (χ2n) is 6.14. The van der Waals surface area contributed by atoms with E-state index in [1.54, 1.807) is 0 Å². The van der Waals surface area contributed by atoms with Crippen LogP contribution in [0.15, 0.2) is 6.07 Å². The first-order chi connectivity index (χ1) is 8.97. The molecule has 19 heavy (non-hydrogen) atoms. The molecule has 1 N–H and O–H groups in total. The highest BCUT2D eigenvalue weighted by molar-refractivity contribution is 5.10. The molecule has 4 heteroatoms. The van der Waals surface area contributed by atoms with E-state index in [4.69, 9.17) is 0 Å². The van der Waals surface area contributed by atoms with Gasteiger partial charge in [-0.3, -0.25) is 9.58 Å². The number of hydrogen-bond acceptors (Lipinski definition) is 3. The largest absolute Gasteiger partial charge is 0.309 e. The number of nitrogens with zero attached hydrogens (tertiary/aromatic N) is 3. The number of hydrogen-bond donors (Lipinski definition) is 1. The summed E-state index contributed by atoms with van der Waals surface area (Å²) in [5.41, 5.74) is 2.71. The van der Waals surface area contributed by atoms with Crippen molar-refractivity contribution in [2.75, 3.05) is 13.1 Å². The molecule has 0 amide bonds. The van der Waals surface area contributed by atoms with Crippen molar-refractivity contribution in [2.24, 2.45) is 0 Å². The molecule has 0 spiro atoms. The first-order valence-electron chi connectivity index (χ1n) is 7.50. The Morgan fingerprint density at radius 3 is 2.84 bits per heavy atom. The highest BCUT2D eigenvalue weighted by Gasteiger charge is 2.32. The van der Waals surface area contributed by atoms with Crippen LogP contribution in [0.4, 0.5) is 0 Å². The molecule has 2 rings (SSSR count). The summed E-state index contributed by atoms with van der Waals surface area (Å²) in [5.74, 6) is 0. The van der Waals surface area contributed by atoms with Gasteiger partial charge >= 0.3 is 0 Å². The third-order valence-electron chi connectivity index (χ3n) is 4.43. The molecule has 1 saturated heterocycles. The van der Waals surface area contributed by atoms with Crippen LogP contribution in [0.3, 0.4) is 0 Å². The van der Waals surface area contributed by atoms with E-state index in [1.807, 2.05) is 0 Å². The summed E-state index contributed by atoms with van der Waals surface area (Å²) >= 11 is 0. The fourth-order valence-electron chi connectivity index (χ4n) is 2.84. The second-order valence-corrected chi connectivity index (χ2v) is 6.14. The molecule has 108 valence electrons. The SMILES string of the molecule is CCn1nc(C)cc1CN1CC(C)(CC)NCC1C. The fourth-order valence-corrected chi connectivity index (χ4v) is 2.84. The van der Waals surface area contributed by atoms with E-state index in [0.717, 1.165) is 31.9 Å². The number of nitrogens with one attached hydrogen (secondary N) is 1. The zero-order chi connectivity index (χ0) is 14.0. The average molecular weight is 264 g/mol. The minimum absolute atomic E-state index is 0.249. The third-order valence-corrected chi connectivity index (χ3v) is 4.43. The lowest BCUT2D eigenvalue weighted by Crippen LogP contribution is -2.61. The summed E-state index contributed by atoms with van der Waals surface area (Å²) in [4.78, 5) is 2.59. The smallest absolute Gasteiger partial charge is 0.0597 e. The van der Waals surface area contributed by atoms with Gasteiger partial charge in [0.25, 0.3) is 0 Å². The number of piperazine rings is 1. The first-order valence-corrected chi connectivity index (χ1v) is 7.50. The minimum atomic E-state index is 0.249. The van der Waals surface area contributed by atoms with E-state index < -0.39 is 0 Å². The normalized spacial score (nSPS) is 28.8. The Bertz CT molecular complexity index is 426. The van der Waals surface area contributed by atoms with Crippen molar-refractivity contribution in [3.63, 3.8) is 0 Å². The fraction of sp³-hybridized carbons (Fsp3) is 0.800. The number of rotatable bonds is 4. The van der Waals surface area contributed by atoms with Crippen LogP contribution in [0.2, 0.25) is 0 Å². The summed E-state index contributed by atoms with van der Waals surface area (Å²) in [6, 6.07) is 2.81. The van der Waals surface area contributed by atoms with Crippen molar-refractivity contribution in [1.29, 1.82) is 0 Å². The van der Waals surface area contributed by atoms with Crippen LogP contribution >= 0.6 is 0 Å². The maximum Gasteiger partial charge on any atom is 0.0597 e. The van der Waals surface area contributed by atoms with Gasteiger partial charge < -0.3 is 5.32 Å². The maximum absolute atomic E-state index is 4.55. The monoisotopic (exact) mass is 264 g/mol. The Morgan fingerprint density at radius 2 is 2.21 bits per heavy atom. The standard InChI is InChI=1S/C15H28N4/c1-6-15(5)11-18(13(4)9-16-15)10-14-8-12(3)17-19(14)7-2/h8,13,16H,6-7,9-11H2,1-5H3. The van der Waals surface area contributed by atoms with Gasteiger partial charge in [0.05, 0.1) is 11.4 Å². The molecule has 0 aromatic carbocycles. The van der Waals surface area contributed by atoms with E-state index in [0.29, 0.717) is 6.04 Å². The van der Waals surface area contributed by atoms with Crippen LogP contribution in [0.1, 0.15) is 45.5 Å². The second kappa shape index (κ2) is 5.63.